The summed E-state index contributed by atoms with van der Waals surface area (Å²) in [4.78, 5) is 2.25. The van der Waals surface area contributed by atoms with Gasteiger partial charge in [0.15, 0.2) is 0 Å². The van der Waals surface area contributed by atoms with Crippen molar-refractivity contribution in [1.29, 1.82) is 0 Å². The molecule has 0 aliphatic carbocycles. The van der Waals surface area contributed by atoms with E-state index < -0.39 is 0 Å². The molecule has 0 amide bonds. The van der Waals surface area contributed by atoms with Crippen LogP contribution in [-0.4, -0.2) is 55.3 Å². The summed E-state index contributed by atoms with van der Waals surface area (Å²) in [6.07, 6.45) is 0. The summed E-state index contributed by atoms with van der Waals surface area (Å²) in [5, 5.41) is 11.9. The van der Waals surface area contributed by atoms with Crippen molar-refractivity contribution in [1.82, 2.24) is 4.90 Å². The van der Waals surface area contributed by atoms with Crippen molar-refractivity contribution < 1.29 is 19.1 Å². The highest BCUT2D eigenvalue weighted by Gasteiger charge is 2.12. The first-order valence-corrected chi connectivity index (χ1v) is 6.62. The highest BCUT2D eigenvalue weighted by molar-refractivity contribution is 6.00. The molecule has 5 nitrogen and oxygen atoms in total. The fraction of sp³-hybridized carbons (Fsp3) is 0.500. The predicted octanol–water partition coefficient (Wildman–Crippen LogP) is 1.73. The molecule has 20 heavy (non-hydrogen) atoms. The van der Waals surface area contributed by atoms with Gasteiger partial charge in [0, 0.05) is 25.2 Å². The van der Waals surface area contributed by atoms with Gasteiger partial charge in [0.05, 0.1) is 18.9 Å². The van der Waals surface area contributed by atoms with Gasteiger partial charge in [0.2, 0.25) is 0 Å². The first-order chi connectivity index (χ1) is 9.70. The minimum atomic E-state index is -0.386. The van der Waals surface area contributed by atoms with Crippen LogP contribution in [0.1, 0.15) is 12.5 Å². The van der Waals surface area contributed by atoms with E-state index in [1.54, 1.807) is 13.0 Å². The number of rotatable bonds is 5. The third kappa shape index (κ3) is 3.91. The molecule has 110 valence electrons. The molecule has 2 rings (SSSR count). The summed E-state index contributed by atoms with van der Waals surface area (Å²) < 4.78 is 24.2. The average molecular weight is 282 g/mol. The van der Waals surface area contributed by atoms with Crippen molar-refractivity contribution in [3.05, 3.63) is 29.6 Å². The number of hydrogen-bond acceptors (Lipinski definition) is 5. The average Bonchev–Trinajstić information content (AvgIpc) is 2.49. The number of morpholine rings is 1. The lowest BCUT2D eigenvalue weighted by molar-refractivity contribution is 0.0322. The van der Waals surface area contributed by atoms with Gasteiger partial charge < -0.3 is 14.7 Å². The molecule has 1 aliphatic heterocycles. The Balaban J connectivity index is 1.94. The Morgan fingerprint density at radius 1 is 1.45 bits per heavy atom. The van der Waals surface area contributed by atoms with Crippen LogP contribution in [-0.2, 0) is 4.74 Å². The lowest BCUT2D eigenvalue weighted by Crippen LogP contribution is -2.38. The van der Waals surface area contributed by atoms with Gasteiger partial charge in [-0.3, -0.25) is 4.90 Å². The molecule has 1 heterocycles. The number of benzene rings is 1. The summed E-state index contributed by atoms with van der Waals surface area (Å²) >= 11 is 0. The van der Waals surface area contributed by atoms with Crippen LogP contribution < -0.4 is 4.74 Å². The fourth-order valence-corrected chi connectivity index (χ4v) is 2.07. The SMILES string of the molecule is C/C(=N/O)c1cc(F)ccc1OCCN1CCOCC1. The van der Waals surface area contributed by atoms with Gasteiger partial charge in [0.25, 0.3) is 0 Å². The van der Waals surface area contributed by atoms with Crippen molar-refractivity contribution in [3.8, 4) is 5.75 Å². The molecular formula is C14H19FN2O3. The van der Waals surface area contributed by atoms with Crippen LogP contribution in [0.5, 0.6) is 5.75 Å². The van der Waals surface area contributed by atoms with E-state index in [1.807, 2.05) is 0 Å². The summed E-state index contributed by atoms with van der Waals surface area (Å²) in [6, 6.07) is 4.19. The van der Waals surface area contributed by atoms with Gasteiger partial charge in [-0.1, -0.05) is 5.16 Å². The Morgan fingerprint density at radius 2 is 2.20 bits per heavy atom. The molecule has 1 aromatic carbocycles. The fourth-order valence-electron chi connectivity index (χ4n) is 2.07. The molecule has 1 saturated heterocycles. The summed E-state index contributed by atoms with van der Waals surface area (Å²) in [6.45, 7) is 6.18. The molecule has 0 saturated carbocycles. The minimum absolute atomic E-state index is 0.325. The Labute approximate surface area is 117 Å². The van der Waals surface area contributed by atoms with Crippen molar-refractivity contribution in [2.75, 3.05) is 39.5 Å². The van der Waals surface area contributed by atoms with E-state index in [4.69, 9.17) is 14.7 Å². The number of hydrogen-bond donors (Lipinski definition) is 1. The van der Waals surface area contributed by atoms with E-state index in [9.17, 15) is 4.39 Å². The molecule has 1 N–H and O–H groups in total. The molecule has 1 aromatic rings. The highest BCUT2D eigenvalue weighted by Crippen LogP contribution is 2.20. The molecule has 0 radical (unpaired) electrons. The van der Waals surface area contributed by atoms with Crippen molar-refractivity contribution in [2.24, 2.45) is 5.16 Å². The van der Waals surface area contributed by atoms with Crippen molar-refractivity contribution in [3.63, 3.8) is 0 Å². The molecule has 1 aliphatic rings. The second-order valence-electron chi connectivity index (χ2n) is 4.63. The van der Waals surface area contributed by atoms with Crippen molar-refractivity contribution >= 4 is 5.71 Å². The van der Waals surface area contributed by atoms with Gasteiger partial charge in [-0.25, -0.2) is 4.39 Å². The Bertz CT molecular complexity index is 473. The van der Waals surface area contributed by atoms with Gasteiger partial charge >= 0.3 is 0 Å². The normalized spacial score (nSPS) is 17.2. The monoisotopic (exact) mass is 282 g/mol. The molecule has 0 spiro atoms. The van der Waals surface area contributed by atoms with E-state index in [-0.39, 0.29) is 5.82 Å². The first kappa shape index (κ1) is 14.7. The van der Waals surface area contributed by atoms with Crippen LogP contribution in [0, 0.1) is 5.82 Å². The van der Waals surface area contributed by atoms with Crippen molar-refractivity contribution in [2.45, 2.75) is 6.92 Å². The minimum Gasteiger partial charge on any atom is -0.492 e. The first-order valence-electron chi connectivity index (χ1n) is 6.62. The number of oxime groups is 1. The molecule has 0 aromatic heterocycles. The van der Waals surface area contributed by atoms with E-state index in [0.29, 0.717) is 23.6 Å². The van der Waals surface area contributed by atoms with Crippen LogP contribution in [0.4, 0.5) is 4.39 Å². The summed E-state index contributed by atoms with van der Waals surface area (Å²) in [5.41, 5.74) is 0.792. The molecule has 0 unspecified atom stereocenters. The molecule has 0 bridgehead atoms. The van der Waals surface area contributed by atoms with Crippen LogP contribution in [0.2, 0.25) is 0 Å². The molecular weight excluding hydrogens is 263 g/mol. The third-order valence-electron chi connectivity index (χ3n) is 3.25. The lowest BCUT2D eigenvalue weighted by Gasteiger charge is -2.26. The number of ether oxygens (including phenoxy) is 2. The number of nitrogens with zero attached hydrogens (tertiary/aromatic N) is 2. The maximum atomic E-state index is 13.2. The largest absolute Gasteiger partial charge is 0.492 e. The lowest BCUT2D eigenvalue weighted by atomic mass is 10.1. The zero-order valence-corrected chi connectivity index (χ0v) is 11.5. The maximum Gasteiger partial charge on any atom is 0.128 e. The highest BCUT2D eigenvalue weighted by atomic mass is 19.1. The van der Waals surface area contributed by atoms with Gasteiger partial charge in [-0.05, 0) is 25.1 Å². The molecule has 1 fully saturated rings. The second-order valence-corrected chi connectivity index (χ2v) is 4.63. The predicted molar refractivity (Wildman–Crippen MR) is 73.2 cm³/mol. The zero-order chi connectivity index (χ0) is 14.4. The Hall–Kier alpha value is -1.66. The van der Waals surface area contributed by atoms with Gasteiger partial charge in [-0.2, -0.15) is 0 Å². The molecule has 0 atom stereocenters. The summed E-state index contributed by atoms with van der Waals surface area (Å²) in [5.74, 6) is 0.137. The summed E-state index contributed by atoms with van der Waals surface area (Å²) in [7, 11) is 0. The van der Waals surface area contributed by atoms with E-state index in [1.165, 1.54) is 12.1 Å². The van der Waals surface area contributed by atoms with E-state index >= 15 is 0 Å². The third-order valence-corrected chi connectivity index (χ3v) is 3.25. The van der Waals surface area contributed by atoms with Crippen LogP contribution in [0.25, 0.3) is 0 Å². The van der Waals surface area contributed by atoms with Crippen LogP contribution in [0.3, 0.4) is 0 Å². The van der Waals surface area contributed by atoms with Gasteiger partial charge in [-0.15, -0.1) is 0 Å². The van der Waals surface area contributed by atoms with Crippen LogP contribution >= 0.6 is 0 Å². The van der Waals surface area contributed by atoms with Crippen LogP contribution in [0.15, 0.2) is 23.4 Å². The van der Waals surface area contributed by atoms with Gasteiger partial charge in [0.1, 0.15) is 18.2 Å². The standard InChI is InChI=1S/C14H19FN2O3/c1-11(16-18)13-10-12(15)2-3-14(13)20-9-6-17-4-7-19-8-5-17/h2-3,10,18H,4-9H2,1H3/b16-11-. The zero-order valence-electron chi connectivity index (χ0n) is 11.5. The second kappa shape index (κ2) is 7.21. The molecule has 6 heteroatoms. The smallest absolute Gasteiger partial charge is 0.128 e. The number of halogens is 1. The Kier molecular flexibility index (Phi) is 5.31. The maximum absolute atomic E-state index is 13.2. The van der Waals surface area contributed by atoms with E-state index in [0.717, 1.165) is 32.8 Å². The topological polar surface area (TPSA) is 54.3 Å². The quantitative estimate of drug-likeness (QED) is 0.508. The Morgan fingerprint density at radius 3 is 2.90 bits per heavy atom. The van der Waals surface area contributed by atoms with E-state index in [2.05, 4.69) is 10.1 Å².